The minimum absolute atomic E-state index is 0.0382. The molecule has 1 aliphatic rings. The van der Waals surface area contributed by atoms with Crippen molar-refractivity contribution in [3.8, 4) is 5.69 Å². The number of amides is 1. The van der Waals surface area contributed by atoms with Crippen molar-refractivity contribution in [2.75, 3.05) is 13.1 Å². The average molecular weight is 396 g/mol. The van der Waals surface area contributed by atoms with Gasteiger partial charge in [0, 0.05) is 19.5 Å². The second kappa shape index (κ2) is 7.99. The van der Waals surface area contributed by atoms with E-state index in [1.165, 1.54) is 18.3 Å². The van der Waals surface area contributed by atoms with Crippen LogP contribution in [0.5, 0.6) is 0 Å². The highest BCUT2D eigenvalue weighted by Crippen LogP contribution is 2.30. The van der Waals surface area contributed by atoms with Crippen molar-refractivity contribution in [1.82, 2.24) is 19.9 Å². The Hall–Kier alpha value is -2.91. The fraction of sp³-hybridized carbons (Fsp3) is 0.444. The number of benzene rings is 1. The zero-order valence-corrected chi connectivity index (χ0v) is 14.9. The van der Waals surface area contributed by atoms with Gasteiger partial charge in [-0.1, -0.05) is 11.3 Å². The van der Waals surface area contributed by atoms with Crippen LogP contribution in [0.3, 0.4) is 0 Å². The lowest BCUT2D eigenvalue weighted by Gasteiger charge is -2.32. The Morgan fingerprint density at radius 1 is 1.29 bits per heavy atom. The van der Waals surface area contributed by atoms with Gasteiger partial charge in [-0.15, -0.1) is 5.10 Å². The Morgan fingerprint density at radius 3 is 2.79 bits per heavy atom. The zero-order valence-electron chi connectivity index (χ0n) is 14.9. The number of alkyl halides is 3. The Kier molecular flexibility index (Phi) is 5.66. The first-order valence-corrected chi connectivity index (χ1v) is 8.85. The number of carbonyl (C=O) groups is 2. The van der Waals surface area contributed by atoms with E-state index in [-0.39, 0.29) is 29.6 Å². The maximum absolute atomic E-state index is 12.9. The molecule has 28 heavy (non-hydrogen) atoms. The van der Waals surface area contributed by atoms with Crippen LogP contribution in [0, 0.1) is 5.92 Å². The minimum atomic E-state index is -4.48. The molecule has 1 fully saturated rings. The lowest BCUT2D eigenvalue weighted by atomic mass is 9.93. The third-order valence-corrected chi connectivity index (χ3v) is 4.72. The molecule has 10 heteroatoms. The van der Waals surface area contributed by atoms with Crippen molar-refractivity contribution >= 4 is 11.9 Å². The molecule has 0 spiro atoms. The first-order valence-electron chi connectivity index (χ1n) is 8.85. The summed E-state index contributed by atoms with van der Waals surface area (Å²) < 4.78 is 39.7. The number of carboxylic acid groups (broad SMARTS) is 1. The van der Waals surface area contributed by atoms with Gasteiger partial charge in [0.2, 0.25) is 0 Å². The molecule has 0 saturated carbocycles. The molecule has 0 bridgehead atoms. The predicted molar refractivity (Wildman–Crippen MR) is 91.9 cm³/mol. The second-order valence-corrected chi connectivity index (χ2v) is 6.79. The lowest BCUT2D eigenvalue weighted by molar-refractivity contribution is -0.138. The molecule has 2 heterocycles. The SMILES string of the molecule is O=C(O)CC[C@H]1CCCN(C(=O)c2cn(-c3cccc(C(F)(F)F)c3)nn2)C1. The van der Waals surface area contributed by atoms with E-state index in [0.29, 0.717) is 19.5 Å². The Morgan fingerprint density at radius 2 is 2.07 bits per heavy atom. The molecule has 1 saturated heterocycles. The van der Waals surface area contributed by atoms with Crippen LogP contribution in [0.15, 0.2) is 30.5 Å². The van der Waals surface area contributed by atoms with Gasteiger partial charge >= 0.3 is 12.1 Å². The number of hydrogen-bond donors (Lipinski definition) is 1. The molecule has 1 aromatic carbocycles. The van der Waals surface area contributed by atoms with Gasteiger partial charge in [-0.25, -0.2) is 4.68 Å². The summed E-state index contributed by atoms with van der Waals surface area (Å²) in [5.41, 5.74) is -0.624. The zero-order chi connectivity index (χ0) is 20.3. The molecule has 0 unspecified atom stereocenters. The van der Waals surface area contributed by atoms with Gasteiger partial charge < -0.3 is 10.0 Å². The van der Waals surface area contributed by atoms with E-state index < -0.39 is 17.7 Å². The van der Waals surface area contributed by atoms with Crippen LogP contribution >= 0.6 is 0 Å². The molecule has 7 nitrogen and oxygen atoms in total. The van der Waals surface area contributed by atoms with E-state index in [1.807, 2.05) is 0 Å². The van der Waals surface area contributed by atoms with E-state index in [2.05, 4.69) is 10.3 Å². The van der Waals surface area contributed by atoms with Gasteiger partial charge in [-0.2, -0.15) is 13.2 Å². The molecule has 150 valence electrons. The predicted octanol–water partition coefficient (Wildman–Crippen LogP) is 3.00. The second-order valence-electron chi connectivity index (χ2n) is 6.79. The van der Waals surface area contributed by atoms with Crippen molar-refractivity contribution in [2.24, 2.45) is 5.92 Å². The number of aromatic nitrogens is 3. The Balaban J connectivity index is 1.71. The monoisotopic (exact) mass is 396 g/mol. The highest BCUT2D eigenvalue weighted by Gasteiger charge is 2.31. The third-order valence-electron chi connectivity index (χ3n) is 4.72. The summed E-state index contributed by atoms with van der Waals surface area (Å²) in [6, 6.07) is 4.60. The van der Waals surface area contributed by atoms with Crippen LogP contribution < -0.4 is 0 Å². The molecular formula is C18H19F3N4O3. The van der Waals surface area contributed by atoms with Gasteiger partial charge in [-0.05, 0) is 43.4 Å². The summed E-state index contributed by atoms with van der Waals surface area (Å²) in [6.07, 6.45) is -1.01. The lowest BCUT2D eigenvalue weighted by Crippen LogP contribution is -2.40. The van der Waals surface area contributed by atoms with E-state index >= 15 is 0 Å². The number of carboxylic acids is 1. The van der Waals surface area contributed by atoms with Crippen molar-refractivity contribution < 1.29 is 27.9 Å². The largest absolute Gasteiger partial charge is 0.481 e. The molecule has 0 aliphatic carbocycles. The first kappa shape index (κ1) is 19.8. The fourth-order valence-electron chi connectivity index (χ4n) is 3.29. The minimum Gasteiger partial charge on any atom is -0.481 e. The molecular weight excluding hydrogens is 377 g/mol. The van der Waals surface area contributed by atoms with Gasteiger partial charge in [-0.3, -0.25) is 9.59 Å². The first-order chi connectivity index (χ1) is 13.2. The number of nitrogens with zero attached hydrogens (tertiary/aromatic N) is 4. The molecule has 1 N–H and O–H groups in total. The van der Waals surface area contributed by atoms with Crippen molar-refractivity contribution in [3.63, 3.8) is 0 Å². The standard InChI is InChI=1S/C18H19F3N4O3/c19-18(20,21)13-4-1-5-14(9-13)25-11-15(22-23-25)17(28)24-8-2-3-12(10-24)6-7-16(26)27/h1,4-5,9,11-12H,2-3,6-8,10H2,(H,26,27)/t12-/m1/s1. The molecule has 2 aromatic rings. The van der Waals surface area contributed by atoms with E-state index in [9.17, 15) is 22.8 Å². The fourth-order valence-corrected chi connectivity index (χ4v) is 3.29. The van der Waals surface area contributed by atoms with Crippen molar-refractivity contribution in [3.05, 3.63) is 41.7 Å². The summed E-state index contributed by atoms with van der Waals surface area (Å²) in [5, 5.41) is 16.4. The smallest absolute Gasteiger partial charge is 0.416 e. The summed E-state index contributed by atoms with van der Waals surface area (Å²) in [6.45, 7) is 0.960. The van der Waals surface area contributed by atoms with Crippen LogP contribution in [-0.2, 0) is 11.0 Å². The average Bonchev–Trinajstić information content (AvgIpc) is 3.15. The highest BCUT2D eigenvalue weighted by molar-refractivity contribution is 5.92. The Labute approximate surface area is 158 Å². The Bertz CT molecular complexity index is 866. The number of aliphatic carboxylic acids is 1. The molecule has 1 amide bonds. The number of carbonyl (C=O) groups excluding carboxylic acids is 1. The maximum atomic E-state index is 12.9. The van der Waals surface area contributed by atoms with Crippen molar-refractivity contribution in [2.45, 2.75) is 31.9 Å². The number of piperidine rings is 1. The molecule has 0 radical (unpaired) electrons. The van der Waals surface area contributed by atoms with Gasteiger partial charge in [0.1, 0.15) is 0 Å². The van der Waals surface area contributed by atoms with Gasteiger partial charge in [0.05, 0.1) is 17.4 Å². The summed E-state index contributed by atoms with van der Waals surface area (Å²) in [4.78, 5) is 25.0. The van der Waals surface area contributed by atoms with Gasteiger partial charge in [0.25, 0.3) is 5.91 Å². The van der Waals surface area contributed by atoms with Crippen LogP contribution in [0.4, 0.5) is 13.2 Å². The third kappa shape index (κ3) is 4.68. The highest BCUT2D eigenvalue weighted by atomic mass is 19.4. The molecule has 1 aromatic heterocycles. The van der Waals surface area contributed by atoms with Crippen LogP contribution in [0.2, 0.25) is 0 Å². The van der Waals surface area contributed by atoms with E-state index in [4.69, 9.17) is 5.11 Å². The molecule has 1 aliphatic heterocycles. The number of rotatable bonds is 5. The number of likely N-dealkylation sites (tertiary alicyclic amines) is 1. The van der Waals surface area contributed by atoms with Crippen LogP contribution in [-0.4, -0.2) is 50.0 Å². The maximum Gasteiger partial charge on any atom is 0.416 e. The van der Waals surface area contributed by atoms with Gasteiger partial charge in [0.15, 0.2) is 5.69 Å². The van der Waals surface area contributed by atoms with Crippen molar-refractivity contribution in [1.29, 1.82) is 0 Å². The summed E-state index contributed by atoms with van der Waals surface area (Å²) in [7, 11) is 0. The molecule has 1 atom stereocenters. The van der Waals surface area contributed by atoms with Crippen LogP contribution in [0.1, 0.15) is 41.7 Å². The number of hydrogen-bond acceptors (Lipinski definition) is 4. The quantitative estimate of drug-likeness (QED) is 0.839. The summed E-state index contributed by atoms with van der Waals surface area (Å²) >= 11 is 0. The summed E-state index contributed by atoms with van der Waals surface area (Å²) in [5.74, 6) is -1.13. The van der Waals surface area contributed by atoms with E-state index in [0.717, 1.165) is 29.7 Å². The topological polar surface area (TPSA) is 88.3 Å². The number of halogens is 3. The van der Waals surface area contributed by atoms with Crippen LogP contribution in [0.25, 0.3) is 5.69 Å². The molecule has 3 rings (SSSR count). The van der Waals surface area contributed by atoms with E-state index in [1.54, 1.807) is 4.90 Å². The normalized spacial score (nSPS) is 17.5.